The van der Waals surface area contributed by atoms with Gasteiger partial charge in [0.25, 0.3) is 10.0 Å². The number of amides is 2. The summed E-state index contributed by atoms with van der Waals surface area (Å²) in [6.07, 6.45) is -0.102. The summed E-state index contributed by atoms with van der Waals surface area (Å²) in [5, 5.41) is 3.72. The van der Waals surface area contributed by atoms with E-state index in [-0.39, 0.29) is 34.2 Å². The van der Waals surface area contributed by atoms with E-state index in [0.29, 0.717) is 11.4 Å². The number of carbonyl (C=O) groups excluding carboxylic acids is 2. The molecule has 0 unspecified atom stereocenters. The minimum atomic E-state index is -3.90. The van der Waals surface area contributed by atoms with Crippen molar-refractivity contribution in [3.05, 3.63) is 41.8 Å². The fraction of sp³-hybridized carbons (Fsp3) is 0.278. The maximum absolute atomic E-state index is 12.6. The Balaban J connectivity index is 1.73. The molecule has 1 atom stereocenters. The van der Waals surface area contributed by atoms with Crippen molar-refractivity contribution in [1.29, 1.82) is 0 Å². The summed E-state index contributed by atoms with van der Waals surface area (Å²) in [7, 11) is -2.37. The number of nitrogens with one attached hydrogen (secondary N) is 1. The lowest BCUT2D eigenvalue weighted by Gasteiger charge is -2.13. The number of amidine groups is 1. The van der Waals surface area contributed by atoms with Gasteiger partial charge >= 0.3 is 0 Å². The van der Waals surface area contributed by atoms with E-state index in [2.05, 4.69) is 9.71 Å². The number of methoxy groups -OCH3 is 1. The molecule has 2 amide bonds. The summed E-state index contributed by atoms with van der Waals surface area (Å²) >= 11 is 2.04. The summed E-state index contributed by atoms with van der Waals surface area (Å²) in [6, 6.07) is 9.95. The van der Waals surface area contributed by atoms with E-state index in [1.54, 1.807) is 42.6 Å². The third-order valence-corrected chi connectivity index (χ3v) is 7.94. The lowest BCUT2D eigenvalue weighted by molar-refractivity contribution is -0.128. The van der Waals surface area contributed by atoms with Crippen molar-refractivity contribution < 1.29 is 22.7 Å². The van der Waals surface area contributed by atoms with Crippen molar-refractivity contribution in [3.63, 3.8) is 0 Å². The first-order valence-corrected chi connectivity index (χ1v) is 11.8. The summed E-state index contributed by atoms with van der Waals surface area (Å²) in [6.45, 7) is 1.99. The average Bonchev–Trinajstić information content (AvgIpc) is 3.31. The Labute approximate surface area is 177 Å². The van der Waals surface area contributed by atoms with Crippen molar-refractivity contribution in [3.8, 4) is 5.75 Å². The van der Waals surface area contributed by atoms with Gasteiger partial charge < -0.3 is 10.1 Å². The van der Waals surface area contributed by atoms with Crippen LogP contribution in [0.2, 0.25) is 0 Å². The van der Waals surface area contributed by atoms with Gasteiger partial charge in [0.2, 0.25) is 11.8 Å². The summed E-state index contributed by atoms with van der Waals surface area (Å²) in [4.78, 5) is 26.3. The fourth-order valence-corrected chi connectivity index (χ4v) is 6.03. The molecule has 1 aliphatic rings. The number of hydrogen-bond donors (Lipinski definition) is 1. The maximum atomic E-state index is 12.6. The number of ether oxygens (including phenoxy) is 1. The molecule has 1 aromatic carbocycles. The predicted molar refractivity (Wildman–Crippen MR) is 114 cm³/mol. The van der Waals surface area contributed by atoms with Gasteiger partial charge in [-0.25, -0.2) is 0 Å². The van der Waals surface area contributed by atoms with Gasteiger partial charge in [0.05, 0.1) is 7.11 Å². The second-order valence-electron chi connectivity index (χ2n) is 5.95. The molecular formula is C18H19N3O5S3. The quantitative estimate of drug-likeness (QED) is 0.691. The highest BCUT2D eigenvalue weighted by Crippen LogP contribution is 2.32. The summed E-state index contributed by atoms with van der Waals surface area (Å²) < 4.78 is 33.9. The van der Waals surface area contributed by atoms with E-state index >= 15 is 0 Å². The molecule has 1 fully saturated rings. The number of thiophene rings is 1. The number of hydrogen-bond acceptors (Lipinski definition) is 7. The highest BCUT2D eigenvalue weighted by atomic mass is 32.2. The van der Waals surface area contributed by atoms with Crippen molar-refractivity contribution in [1.82, 2.24) is 4.90 Å². The minimum Gasteiger partial charge on any atom is -0.497 e. The number of nitrogens with zero attached hydrogens (tertiary/aromatic N) is 2. The largest absolute Gasteiger partial charge is 0.497 e. The number of rotatable bonds is 7. The van der Waals surface area contributed by atoms with E-state index in [1.165, 1.54) is 18.1 Å². The fourth-order valence-electron chi connectivity index (χ4n) is 2.64. The molecule has 1 saturated heterocycles. The molecule has 0 spiro atoms. The van der Waals surface area contributed by atoms with E-state index in [9.17, 15) is 18.0 Å². The smallest absolute Gasteiger partial charge is 0.294 e. The lowest BCUT2D eigenvalue weighted by Crippen LogP contribution is -2.33. The van der Waals surface area contributed by atoms with Crippen molar-refractivity contribution in [2.24, 2.45) is 4.40 Å². The Hall–Kier alpha value is -2.37. The van der Waals surface area contributed by atoms with Gasteiger partial charge in [0.1, 0.15) is 15.2 Å². The highest BCUT2D eigenvalue weighted by Gasteiger charge is 2.39. The zero-order valence-corrected chi connectivity index (χ0v) is 18.1. The second kappa shape index (κ2) is 8.97. The van der Waals surface area contributed by atoms with Crippen LogP contribution in [-0.4, -0.2) is 49.2 Å². The maximum Gasteiger partial charge on any atom is 0.294 e. The lowest BCUT2D eigenvalue weighted by atomic mass is 10.2. The van der Waals surface area contributed by atoms with Crippen LogP contribution in [-0.2, 0) is 19.6 Å². The number of sulfonamides is 1. The third kappa shape index (κ3) is 4.98. The summed E-state index contributed by atoms with van der Waals surface area (Å²) in [5.74, 6) is -0.0968. The molecule has 2 heterocycles. The first-order chi connectivity index (χ1) is 13.8. The normalized spacial score (nSPS) is 18.3. The molecule has 0 saturated carbocycles. The van der Waals surface area contributed by atoms with Crippen LogP contribution < -0.4 is 10.1 Å². The molecule has 8 nitrogen and oxygen atoms in total. The van der Waals surface area contributed by atoms with Crippen molar-refractivity contribution in [2.45, 2.75) is 22.8 Å². The van der Waals surface area contributed by atoms with Gasteiger partial charge in [0, 0.05) is 24.7 Å². The standard InChI is InChI=1S/C18H19N3O5S3/c1-3-21-17(23)14(11-15(22)19-12-6-4-7-13(10-12)26-2)28-18(21)20-29(24,25)16-8-5-9-27-16/h4-10,14H,3,11H2,1-2H3,(H,19,22)/t14-/m1/s1. The average molecular weight is 454 g/mol. The highest BCUT2D eigenvalue weighted by molar-refractivity contribution is 8.16. The van der Waals surface area contributed by atoms with Gasteiger partial charge in [0.15, 0.2) is 5.17 Å². The zero-order valence-electron chi connectivity index (χ0n) is 15.7. The van der Waals surface area contributed by atoms with Crippen LogP contribution in [0.25, 0.3) is 0 Å². The SMILES string of the molecule is CCN1C(=O)[C@@H](CC(=O)Nc2cccc(OC)c2)SC1=NS(=O)(=O)c1cccs1. The number of benzene rings is 1. The Bertz CT molecular complexity index is 1030. The van der Waals surface area contributed by atoms with Crippen LogP contribution in [0.1, 0.15) is 13.3 Å². The van der Waals surface area contributed by atoms with Crippen LogP contribution in [0.5, 0.6) is 5.75 Å². The Morgan fingerprint density at radius 2 is 2.10 bits per heavy atom. The number of carbonyl (C=O) groups is 2. The number of anilines is 1. The van der Waals surface area contributed by atoms with E-state index < -0.39 is 15.3 Å². The van der Waals surface area contributed by atoms with Crippen molar-refractivity contribution >= 4 is 55.8 Å². The third-order valence-electron chi connectivity index (χ3n) is 4.01. The van der Waals surface area contributed by atoms with Crippen LogP contribution in [0.15, 0.2) is 50.4 Å². The molecule has 1 N–H and O–H groups in total. The van der Waals surface area contributed by atoms with Gasteiger partial charge in [-0.3, -0.25) is 14.5 Å². The zero-order chi connectivity index (χ0) is 21.0. The van der Waals surface area contributed by atoms with Crippen LogP contribution >= 0.6 is 23.1 Å². The van der Waals surface area contributed by atoms with E-state index in [0.717, 1.165) is 23.1 Å². The van der Waals surface area contributed by atoms with Crippen molar-refractivity contribution in [2.75, 3.05) is 19.0 Å². The molecule has 11 heteroatoms. The molecule has 0 radical (unpaired) electrons. The molecule has 154 valence electrons. The Morgan fingerprint density at radius 1 is 1.31 bits per heavy atom. The molecule has 1 aromatic heterocycles. The Morgan fingerprint density at radius 3 is 2.76 bits per heavy atom. The number of thioether (sulfide) groups is 1. The van der Waals surface area contributed by atoms with Gasteiger partial charge in [-0.15, -0.1) is 15.7 Å². The van der Waals surface area contributed by atoms with Crippen LogP contribution in [0.4, 0.5) is 5.69 Å². The predicted octanol–water partition coefficient (Wildman–Crippen LogP) is 2.79. The molecule has 3 rings (SSSR count). The second-order valence-corrected chi connectivity index (χ2v) is 9.90. The molecule has 0 aliphatic carbocycles. The van der Waals surface area contributed by atoms with Crippen LogP contribution in [0.3, 0.4) is 0 Å². The minimum absolute atomic E-state index is 0.0880. The van der Waals surface area contributed by atoms with Gasteiger partial charge in [-0.1, -0.05) is 23.9 Å². The first-order valence-electron chi connectivity index (χ1n) is 8.64. The summed E-state index contributed by atoms with van der Waals surface area (Å²) in [5.41, 5.74) is 0.548. The molecule has 29 heavy (non-hydrogen) atoms. The van der Waals surface area contributed by atoms with E-state index in [4.69, 9.17) is 4.74 Å². The monoisotopic (exact) mass is 453 g/mol. The Kier molecular flexibility index (Phi) is 6.60. The van der Waals surface area contributed by atoms with E-state index in [1.807, 2.05) is 0 Å². The molecule has 0 bridgehead atoms. The van der Waals surface area contributed by atoms with Gasteiger partial charge in [-0.2, -0.15) is 8.42 Å². The topological polar surface area (TPSA) is 105 Å². The van der Waals surface area contributed by atoms with Gasteiger partial charge in [-0.05, 0) is 30.5 Å². The molecular weight excluding hydrogens is 434 g/mol. The molecule has 2 aromatic rings. The van der Waals surface area contributed by atoms with Crippen LogP contribution in [0, 0.1) is 0 Å². The first kappa shape index (κ1) is 21.3. The molecule has 1 aliphatic heterocycles.